The zero-order chi connectivity index (χ0) is 24.9. The minimum Gasteiger partial charge on any atom is -0.349 e. The molecule has 0 saturated carbocycles. The molecule has 0 saturated heterocycles. The molecule has 1 amide bonds. The molecule has 0 aliphatic heterocycles. The molecule has 5 rings (SSSR count). The van der Waals surface area contributed by atoms with Crippen molar-refractivity contribution >= 4 is 11.6 Å². The highest BCUT2D eigenvalue weighted by Gasteiger charge is 2.25. The molecule has 0 spiro atoms. The topological polar surface area (TPSA) is 46.4 Å². The molecule has 1 N–H and O–H groups in total. The molecular weight excluding hydrogens is 449 g/mol. The van der Waals surface area contributed by atoms with E-state index in [0.717, 1.165) is 33.7 Å². The molecule has 0 bridgehead atoms. The Bertz CT molecular complexity index is 1460. The summed E-state index contributed by atoms with van der Waals surface area (Å²) in [6.45, 7) is 2.01. The Kier molecular flexibility index (Phi) is 6.89. The fourth-order valence-electron chi connectivity index (χ4n) is 4.82. The molecule has 5 aromatic rings. The summed E-state index contributed by atoms with van der Waals surface area (Å²) in [7, 11) is 0. The van der Waals surface area contributed by atoms with Gasteiger partial charge in [-0.2, -0.15) is 0 Å². The van der Waals surface area contributed by atoms with E-state index in [1.807, 2.05) is 84.1 Å². The van der Waals surface area contributed by atoms with Crippen LogP contribution >= 0.6 is 0 Å². The number of nitrogens with one attached hydrogen (secondary N) is 1. The second kappa shape index (κ2) is 10.6. The van der Waals surface area contributed by atoms with E-state index in [0.29, 0.717) is 6.42 Å². The van der Waals surface area contributed by atoms with Crippen LogP contribution < -0.4 is 5.32 Å². The Morgan fingerprint density at radius 3 is 2.33 bits per heavy atom. The van der Waals surface area contributed by atoms with Gasteiger partial charge in [-0.25, -0.2) is 9.37 Å². The largest absolute Gasteiger partial charge is 0.349 e. The molecule has 5 heteroatoms. The van der Waals surface area contributed by atoms with Crippen LogP contribution in [0.1, 0.15) is 46.5 Å². The number of nitrogens with zero attached hydrogens (tertiary/aromatic N) is 2. The van der Waals surface area contributed by atoms with E-state index in [1.54, 1.807) is 12.3 Å². The number of aromatic nitrogens is 2. The summed E-state index contributed by atoms with van der Waals surface area (Å²) in [5.41, 5.74) is 5.61. The van der Waals surface area contributed by atoms with Gasteiger partial charge < -0.3 is 9.72 Å². The smallest absolute Gasteiger partial charge is 0.221 e. The van der Waals surface area contributed by atoms with Crippen molar-refractivity contribution in [2.75, 3.05) is 0 Å². The maximum Gasteiger partial charge on any atom is 0.221 e. The predicted octanol–water partition coefficient (Wildman–Crippen LogP) is 6.40. The third-order valence-corrected chi connectivity index (χ3v) is 6.57. The number of rotatable bonds is 8. The van der Waals surface area contributed by atoms with Gasteiger partial charge in [-0.3, -0.25) is 4.79 Å². The van der Waals surface area contributed by atoms with Gasteiger partial charge >= 0.3 is 0 Å². The lowest BCUT2D eigenvalue weighted by Crippen LogP contribution is -2.31. The first kappa shape index (κ1) is 23.5. The number of benzene rings is 3. The van der Waals surface area contributed by atoms with Crippen molar-refractivity contribution in [2.24, 2.45) is 0 Å². The van der Waals surface area contributed by atoms with Crippen molar-refractivity contribution in [1.82, 2.24) is 14.7 Å². The Labute approximate surface area is 210 Å². The number of hydrogen-bond donors (Lipinski definition) is 1. The summed E-state index contributed by atoms with van der Waals surface area (Å²) < 4.78 is 16.3. The van der Waals surface area contributed by atoms with Crippen molar-refractivity contribution in [3.05, 3.63) is 143 Å². The van der Waals surface area contributed by atoms with Crippen molar-refractivity contribution in [3.8, 4) is 0 Å². The third kappa shape index (κ3) is 5.20. The maximum atomic E-state index is 14.3. The quantitative estimate of drug-likeness (QED) is 0.281. The fraction of sp³-hybridized carbons (Fsp3) is 0.161. The second-order valence-electron chi connectivity index (χ2n) is 9.08. The monoisotopic (exact) mass is 477 g/mol. The Morgan fingerprint density at radius 2 is 1.58 bits per heavy atom. The zero-order valence-electron chi connectivity index (χ0n) is 20.1. The summed E-state index contributed by atoms with van der Waals surface area (Å²) >= 11 is 0. The first-order valence-corrected chi connectivity index (χ1v) is 12.1. The Hall–Kier alpha value is -4.25. The highest BCUT2D eigenvalue weighted by Crippen LogP contribution is 2.30. The lowest BCUT2D eigenvalue weighted by molar-refractivity contribution is -0.122. The van der Waals surface area contributed by atoms with Crippen LogP contribution in [0.4, 0.5) is 4.39 Å². The van der Waals surface area contributed by atoms with Crippen molar-refractivity contribution in [2.45, 2.75) is 31.7 Å². The minimum absolute atomic E-state index is 0.0995. The SMILES string of the molecule is Cc1cccc2ncc(C(CC(=O)NC(Cc3ccccc3)c3ccccc3)c3cccc(F)c3)n12. The lowest BCUT2D eigenvalue weighted by atomic mass is 9.91. The van der Waals surface area contributed by atoms with E-state index < -0.39 is 0 Å². The van der Waals surface area contributed by atoms with Crippen LogP contribution in [0.2, 0.25) is 0 Å². The van der Waals surface area contributed by atoms with Gasteiger partial charge in [0.15, 0.2) is 0 Å². The van der Waals surface area contributed by atoms with Gasteiger partial charge in [-0.05, 0) is 54.3 Å². The first-order valence-electron chi connectivity index (χ1n) is 12.1. The Morgan fingerprint density at radius 1 is 0.889 bits per heavy atom. The van der Waals surface area contributed by atoms with Gasteiger partial charge in [0.25, 0.3) is 0 Å². The van der Waals surface area contributed by atoms with E-state index in [9.17, 15) is 9.18 Å². The summed E-state index contributed by atoms with van der Waals surface area (Å²) in [4.78, 5) is 18.1. The number of amides is 1. The zero-order valence-corrected chi connectivity index (χ0v) is 20.1. The van der Waals surface area contributed by atoms with Gasteiger partial charge in [0, 0.05) is 24.2 Å². The first-order chi connectivity index (χ1) is 17.6. The number of aryl methyl sites for hydroxylation is 1. The number of hydrogen-bond acceptors (Lipinski definition) is 2. The number of pyridine rings is 1. The standard InChI is InChI=1S/C31H28FN3O/c1-22-10-8-17-30-33-21-29(35(22)30)27(25-15-9-16-26(32)19-25)20-31(36)34-28(24-13-6-3-7-14-24)18-23-11-4-2-5-12-23/h2-17,19,21,27-28H,18,20H2,1H3,(H,34,36). The second-order valence-corrected chi connectivity index (χ2v) is 9.08. The van der Waals surface area contributed by atoms with E-state index in [4.69, 9.17) is 0 Å². The van der Waals surface area contributed by atoms with Crippen LogP contribution in [0.15, 0.2) is 109 Å². The number of carbonyl (C=O) groups excluding carboxylic acids is 1. The molecule has 0 aliphatic rings. The average Bonchev–Trinajstić information content (AvgIpc) is 3.33. The summed E-state index contributed by atoms with van der Waals surface area (Å²) in [5, 5.41) is 3.26. The fourth-order valence-corrected chi connectivity index (χ4v) is 4.82. The van der Waals surface area contributed by atoms with Crippen LogP contribution in [-0.4, -0.2) is 15.3 Å². The molecule has 0 fully saturated rings. The molecule has 0 radical (unpaired) electrons. The number of fused-ring (bicyclic) bond motifs is 1. The van der Waals surface area contributed by atoms with E-state index in [-0.39, 0.29) is 30.1 Å². The highest BCUT2D eigenvalue weighted by molar-refractivity contribution is 5.78. The summed E-state index contributed by atoms with van der Waals surface area (Å²) in [6.07, 6.45) is 2.64. The average molecular weight is 478 g/mol. The summed E-state index contributed by atoms with van der Waals surface area (Å²) in [5.74, 6) is -0.780. The van der Waals surface area contributed by atoms with Gasteiger partial charge in [-0.15, -0.1) is 0 Å². The molecule has 2 atom stereocenters. The highest BCUT2D eigenvalue weighted by atomic mass is 19.1. The maximum absolute atomic E-state index is 14.3. The molecule has 180 valence electrons. The minimum atomic E-state index is -0.357. The molecule has 3 aromatic carbocycles. The van der Waals surface area contributed by atoms with Gasteiger partial charge in [0.2, 0.25) is 5.91 Å². The molecular formula is C31H28FN3O. The number of halogens is 1. The third-order valence-electron chi connectivity index (χ3n) is 6.57. The molecule has 2 heterocycles. The lowest BCUT2D eigenvalue weighted by Gasteiger charge is -2.23. The van der Waals surface area contributed by atoms with Crippen LogP contribution in [0, 0.1) is 12.7 Å². The molecule has 0 aliphatic carbocycles. The van der Waals surface area contributed by atoms with Crippen molar-refractivity contribution in [1.29, 1.82) is 0 Å². The Balaban J connectivity index is 1.47. The number of carbonyl (C=O) groups is 1. The molecule has 2 unspecified atom stereocenters. The van der Waals surface area contributed by atoms with Gasteiger partial charge in [0.05, 0.1) is 11.7 Å². The van der Waals surface area contributed by atoms with E-state index >= 15 is 0 Å². The van der Waals surface area contributed by atoms with Gasteiger partial charge in [0.1, 0.15) is 11.5 Å². The van der Waals surface area contributed by atoms with Crippen LogP contribution in [0.25, 0.3) is 5.65 Å². The van der Waals surface area contributed by atoms with Crippen LogP contribution in [-0.2, 0) is 11.2 Å². The molecule has 4 nitrogen and oxygen atoms in total. The van der Waals surface area contributed by atoms with Gasteiger partial charge in [-0.1, -0.05) is 78.9 Å². The number of imidazole rings is 1. The van der Waals surface area contributed by atoms with Crippen LogP contribution in [0.5, 0.6) is 0 Å². The van der Waals surface area contributed by atoms with Crippen molar-refractivity contribution < 1.29 is 9.18 Å². The van der Waals surface area contributed by atoms with Crippen molar-refractivity contribution in [3.63, 3.8) is 0 Å². The summed E-state index contributed by atoms with van der Waals surface area (Å²) in [6, 6.07) is 32.3. The molecule has 36 heavy (non-hydrogen) atoms. The van der Waals surface area contributed by atoms with E-state index in [2.05, 4.69) is 22.4 Å². The van der Waals surface area contributed by atoms with Crippen LogP contribution in [0.3, 0.4) is 0 Å². The van der Waals surface area contributed by atoms with E-state index in [1.165, 1.54) is 12.1 Å². The normalized spacial score (nSPS) is 12.8. The molecule has 2 aromatic heterocycles. The predicted molar refractivity (Wildman–Crippen MR) is 140 cm³/mol.